The molecule has 0 saturated carbocycles. The van der Waals surface area contributed by atoms with Crippen LogP contribution in [0.15, 0.2) is 63.9 Å². The Kier molecular flexibility index (Phi) is 6.03. The molecule has 166 valence electrons. The van der Waals surface area contributed by atoms with Gasteiger partial charge in [-0.15, -0.1) is 0 Å². The van der Waals surface area contributed by atoms with E-state index in [2.05, 4.69) is 0 Å². The third-order valence-electron chi connectivity index (χ3n) is 4.77. The van der Waals surface area contributed by atoms with Crippen LogP contribution < -0.4 is 0 Å². The Labute approximate surface area is 195 Å². The van der Waals surface area contributed by atoms with Crippen LogP contribution in [0, 0.1) is 10.1 Å². The Morgan fingerprint density at radius 1 is 1.18 bits per heavy atom. The van der Waals surface area contributed by atoms with Crippen molar-refractivity contribution >= 4 is 52.2 Å². The van der Waals surface area contributed by atoms with Gasteiger partial charge in [-0.3, -0.25) is 24.6 Å². The lowest BCUT2D eigenvalue weighted by atomic mass is 10.1. The SMILES string of the molecule is O=C(O)c1cc(-c2ccc(/C=C3/SC(=O)N(Cc4ccccc4[N+](=O)[O-])C3=O)o2)ccc1Cl. The molecule has 2 aromatic carbocycles. The van der Waals surface area contributed by atoms with E-state index in [0.29, 0.717) is 23.1 Å². The summed E-state index contributed by atoms with van der Waals surface area (Å²) in [5.41, 5.74) is 0.451. The van der Waals surface area contributed by atoms with E-state index in [1.165, 1.54) is 36.4 Å². The fourth-order valence-electron chi connectivity index (χ4n) is 3.19. The first kappa shape index (κ1) is 22.3. The van der Waals surface area contributed by atoms with Crippen molar-refractivity contribution in [3.05, 3.63) is 91.5 Å². The predicted octanol–water partition coefficient (Wildman–Crippen LogP) is 5.44. The number of furan rings is 1. The van der Waals surface area contributed by atoms with E-state index in [-0.39, 0.29) is 39.0 Å². The summed E-state index contributed by atoms with van der Waals surface area (Å²) in [6, 6.07) is 13.5. The zero-order chi connectivity index (χ0) is 23.7. The van der Waals surface area contributed by atoms with E-state index >= 15 is 0 Å². The normalized spacial score (nSPS) is 14.8. The molecule has 0 radical (unpaired) electrons. The highest BCUT2D eigenvalue weighted by atomic mass is 35.5. The number of hydrogen-bond acceptors (Lipinski definition) is 7. The smallest absolute Gasteiger partial charge is 0.337 e. The van der Waals surface area contributed by atoms with E-state index in [9.17, 15) is 29.6 Å². The molecule has 1 aromatic heterocycles. The van der Waals surface area contributed by atoms with Gasteiger partial charge in [-0.05, 0) is 42.1 Å². The molecule has 0 bridgehead atoms. The monoisotopic (exact) mass is 484 g/mol. The number of nitro groups is 1. The lowest BCUT2D eigenvalue weighted by molar-refractivity contribution is -0.385. The Hall–Kier alpha value is -3.89. The molecule has 1 fully saturated rings. The zero-order valence-corrected chi connectivity index (χ0v) is 18.1. The highest BCUT2D eigenvalue weighted by Gasteiger charge is 2.36. The van der Waals surface area contributed by atoms with Crippen molar-refractivity contribution in [2.75, 3.05) is 0 Å². The summed E-state index contributed by atoms with van der Waals surface area (Å²) in [6.07, 6.45) is 1.39. The minimum atomic E-state index is -1.18. The van der Waals surface area contributed by atoms with E-state index in [1.807, 2.05) is 0 Å². The second-order valence-electron chi connectivity index (χ2n) is 6.86. The topological polar surface area (TPSA) is 131 Å². The molecule has 1 aliphatic heterocycles. The van der Waals surface area contributed by atoms with Gasteiger partial charge in [-0.2, -0.15) is 0 Å². The van der Waals surface area contributed by atoms with Gasteiger partial charge in [-0.1, -0.05) is 29.8 Å². The Bertz CT molecular complexity index is 1350. The average molecular weight is 485 g/mol. The Morgan fingerprint density at radius 3 is 2.67 bits per heavy atom. The number of nitrogens with zero attached hydrogens (tertiary/aromatic N) is 2. The fourth-order valence-corrected chi connectivity index (χ4v) is 4.20. The van der Waals surface area contributed by atoms with Gasteiger partial charge < -0.3 is 9.52 Å². The molecule has 2 amide bonds. The number of para-hydroxylation sites is 1. The predicted molar refractivity (Wildman–Crippen MR) is 121 cm³/mol. The third-order valence-corrected chi connectivity index (χ3v) is 6.01. The van der Waals surface area contributed by atoms with Gasteiger partial charge in [0.15, 0.2) is 0 Å². The van der Waals surface area contributed by atoms with Gasteiger partial charge in [0, 0.05) is 23.3 Å². The number of nitro benzene ring substituents is 1. The fraction of sp³-hybridized carbons (Fsp3) is 0.0455. The standard InChI is InChI=1S/C22H13ClN2O7S/c23-16-7-5-12(9-15(16)21(27)28)18-8-6-14(32-18)10-19-20(26)24(22(29)33-19)11-13-3-1-2-4-17(13)25(30)31/h1-10H,11H2,(H,27,28)/b19-10+. The summed E-state index contributed by atoms with van der Waals surface area (Å²) >= 11 is 6.59. The number of benzene rings is 2. The number of amides is 2. The first-order chi connectivity index (χ1) is 15.7. The third kappa shape index (κ3) is 4.52. The van der Waals surface area contributed by atoms with Gasteiger partial charge in [0.25, 0.3) is 16.8 Å². The van der Waals surface area contributed by atoms with Crippen LogP contribution in [0.5, 0.6) is 0 Å². The highest BCUT2D eigenvalue weighted by molar-refractivity contribution is 8.18. The minimum absolute atomic E-state index is 0.0803. The molecular formula is C22H13ClN2O7S. The van der Waals surface area contributed by atoms with Crippen molar-refractivity contribution in [3.8, 4) is 11.3 Å². The number of thioether (sulfide) groups is 1. The zero-order valence-electron chi connectivity index (χ0n) is 16.6. The van der Waals surface area contributed by atoms with Gasteiger partial charge in [0.1, 0.15) is 11.5 Å². The number of halogens is 1. The minimum Gasteiger partial charge on any atom is -0.478 e. The summed E-state index contributed by atoms with van der Waals surface area (Å²) in [6.45, 7) is -0.231. The van der Waals surface area contributed by atoms with E-state index < -0.39 is 22.0 Å². The van der Waals surface area contributed by atoms with Crippen LogP contribution in [0.3, 0.4) is 0 Å². The molecule has 0 spiro atoms. The molecular weight excluding hydrogens is 472 g/mol. The maximum Gasteiger partial charge on any atom is 0.337 e. The van der Waals surface area contributed by atoms with Crippen LogP contribution in [0.4, 0.5) is 10.5 Å². The number of hydrogen-bond donors (Lipinski definition) is 1. The first-order valence-corrected chi connectivity index (χ1v) is 10.5. The maximum absolute atomic E-state index is 12.8. The van der Waals surface area contributed by atoms with Gasteiger partial charge in [0.2, 0.25) is 0 Å². The largest absolute Gasteiger partial charge is 0.478 e. The molecule has 1 aliphatic rings. The van der Waals surface area contributed by atoms with Gasteiger partial charge >= 0.3 is 5.97 Å². The molecule has 4 rings (SSSR count). The molecule has 9 nitrogen and oxygen atoms in total. The van der Waals surface area contributed by atoms with E-state index in [1.54, 1.807) is 24.3 Å². The van der Waals surface area contributed by atoms with Crippen LogP contribution in [0.2, 0.25) is 5.02 Å². The number of carboxylic acid groups (broad SMARTS) is 1. The highest BCUT2D eigenvalue weighted by Crippen LogP contribution is 2.35. The number of imide groups is 1. The van der Waals surface area contributed by atoms with E-state index in [4.69, 9.17) is 16.0 Å². The maximum atomic E-state index is 12.8. The van der Waals surface area contributed by atoms with Crippen molar-refractivity contribution in [1.29, 1.82) is 0 Å². The molecule has 0 aliphatic carbocycles. The van der Waals surface area contributed by atoms with Gasteiger partial charge in [0.05, 0.1) is 27.0 Å². The molecule has 0 atom stereocenters. The lowest BCUT2D eigenvalue weighted by Gasteiger charge is -2.12. The van der Waals surface area contributed by atoms with Crippen LogP contribution in [-0.4, -0.2) is 32.0 Å². The van der Waals surface area contributed by atoms with Crippen molar-refractivity contribution in [2.45, 2.75) is 6.54 Å². The molecule has 3 aromatic rings. The number of aromatic carboxylic acids is 1. The number of carbonyl (C=O) groups is 3. The number of carbonyl (C=O) groups excluding carboxylic acids is 2. The Balaban J connectivity index is 1.57. The average Bonchev–Trinajstić information content (AvgIpc) is 3.34. The van der Waals surface area contributed by atoms with Crippen molar-refractivity contribution in [3.63, 3.8) is 0 Å². The first-order valence-electron chi connectivity index (χ1n) is 9.35. The quantitative estimate of drug-likeness (QED) is 0.278. The molecule has 0 unspecified atom stereocenters. The number of rotatable bonds is 6. The second kappa shape index (κ2) is 8.93. The molecule has 11 heteroatoms. The number of carboxylic acids is 1. The van der Waals surface area contributed by atoms with E-state index in [0.717, 1.165) is 4.90 Å². The Morgan fingerprint density at radius 2 is 1.94 bits per heavy atom. The van der Waals surface area contributed by atoms with Crippen LogP contribution in [-0.2, 0) is 11.3 Å². The van der Waals surface area contributed by atoms with Crippen molar-refractivity contribution in [1.82, 2.24) is 4.90 Å². The van der Waals surface area contributed by atoms with Gasteiger partial charge in [-0.25, -0.2) is 4.79 Å². The van der Waals surface area contributed by atoms with Crippen molar-refractivity contribution in [2.24, 2.45) is 0 Å². The van der Waals surface area contributed by atoms with Crippen LogP contribution >= 0.6 is 23.4 Å². The van der Waals surface area contributed by atoms with Crippen molar-refractivity contribution < 1.29 is 28.8 Å². The summed E-state index contributed by atoms with van der Waals surface area (Å²) in [7, 11) is 0. The van der Waals surface area contributed by atoms with Crippen LogP contribution in [0.25, 0.3) is 17.4 Å². The lowest BCUT2D eigenvalue weighted by Crippen LogP contribution is -2.27. The summed E-state index contributed by atoms with van der Waals surface area (Å²) < 4.78 is 5.70. The molecule has 33 heavy (non-hydrogen) atoms. The molecule has 1 saturated heterocycles. The molecule has 1 N–H and O–H groups in total. The summed E-state index contributed by atoms with van der Waals surface area (Å²) in [5, 5.41) is 20.0. The summed E-state index contributed by atoms with van der Waals surface area (Å²) in [5.74, 6) is -1.16. The summed E-state index contributed by atoms with van der Waals surface area (Å²) in [4.78, 5) is 48.1. The second-order valence-corrected chi connectivity index (χ2v) is 8.26. The molecule has 2 heterocycles. The van der Waals surface area contributed by atoms with Crippen LogP contribution in [0.1, 0.15) is 21.7 Å².